The summed E-state index contributed by atoms with van der Waals surface area (Å²) >= 11 is 1.36. The number of aliphatic hydroxyl groups excluding tert-OH is 1. The van der Waals surface area contributed by atoms with E-state index < -0.39 is 6.10 Å². The van der Waals surface area contributed by atoms with Crippen LogP contribution in [0.2, 0.25) is 0 Å². The third-order valence-electron chi connectivity index (χ3n) is 2.91. The van der Waals surface area contributed by atoms with Gasteiger partial charge in [-0.05, 0) is 26.0 Å². The Hall–Kier alpha value is -1.79. The average Bonchev–Trinajstić information content (AvgIpc) is 2.70. The quantitative estimate of drug-likeness (QED) is 0.773. The molecule has 0 aliphatic rings. The molecule has 0 saturated carbocycles. The number of aliphatic hydroxyl groups is 1. The zero-order valence-corrected chi connectivity index (χ0v) is 11.4. The van der Waals surface area contributed by atoms with Crippen molar-refractivity contribution in [3.63, 3.8) is 0 Å². The molecule has 0 aliphatic carbocycles. The van der Waals surface area contributed by atoms with Crippen LogP contribution in [0.1, 0.15) is 12.6 Å². The minimum atomic E-state index is -0.577. The van der Waals surface area contributed by atoms with Gasteiger partial charge in [0.25, 0.3) is 5.56 Å². The number of pyridine rings is 1. The van der Waals surface area contributed by atoms with Crippen LogP contribution < -0.4 is 5.56 Å². The maximum absolute atomic E-state index is 12.3. The summed E-state index contributed by atoms with van der Waals surface area (Å²) in [7, 11) is 0. The normalized spacial score (nSPS) is 13.2. The molecule has 0 amide bonds. The number of aryl methyl sites for hydroxylation is 1. The van der Waals surface area contributed by atoms with Crippen LogP contribution in [0.3, 0.4) is 0 Å². The van der Waals surface area contributed by atoms with E-state index in [1.807, 2.05) is 19.1 Å². The van der Waals surface area contributed by atoms with Gasteiger partial charge in [-0.15, -0.1) is 11.3 Å². The minimum absolute atomic E-state index is 0.119. The summed E-state index contributed by atoms with van der Waals surface area (Å²) in [6.07, 6.45) is 0.912. The Kier molecular flexibility index (Phi) is 2.83. The standard InChI is InChI=1S/C13H13N3O2S/c1-7-3-4-9-10-11(19-12(9)15-7)13(18)16(6-14-10)5-8(2)17/h3-4,6,8,17H,5H2,1-2H3. The molecule has 0 spiro atoms. The van der Waals surface area contributed by atoms with Crippen LogP contribution in [0.15, 0.2) is 23.3 Å². The highest BCUT2D eigenvalue weighted by molar-refractivity contribution is 7.25. The largest absolute Gasteiger partial charge is 0.392 e. The lowest BCUT2D eigenvalue weighted by Gasteiger charge is -2.06. The molecule has 0 radical (unpaired) electrons. The van der Waals surface area contributed by atoms with E-state index in [2.05, 4.69) is 9.97 Å². The lowest BCUT2D eigenvalue weighted by molar-refractivity contribution is 0.172. The average molecular weight is 275 g/mol. The molecule has 0 saturated heterocycles. The Bertz CT molecular complexity index is 820. The SMILES string of the molecule is Cc1ccc2c(n1)sc1c(=O)n(CC(C)O)cnc12. The third kappa shape index (κ3) is 2.02. The molecule has 0 aliphatic heterocycles. The highest BCUT2D eigenvalue weighted by Crippen LogP contribution is 2.28. The number of thiophene rings is 1. The molecule has 0 fully saturated rings. The highest BCUT2D eigenvalue weighted by atomic mass is 32.1. The van der Waals surface area contributed by atoms with Crippen molar-refractivity contribution in [3.05, 3.63) is 34.5 Å². The molecular weight excluding hydrogens is 262 g/mol. The molecule has 3 aromatic heterocycles. The van der Waals surface area contributed by atoms with E-state index in [4.69, 9.17) is 0 Å². The van der Waals surface area contributed by atoms with Crippen molar-refractivity contribution in [2.45, 2.75) is 26.5 Å². The molecule has 1 unspecified atom stereocenters. The molecule has 98 valence electrons. The van der Waals surface area contributed by atoms with Crippen molar-refractivity contribution in [1.29, 1.82) is 0 Å². The first kappa shape index (κ1) is 12.3. The van der Waals surface area contributed by atoms with Gasteiger partial charge in [0.15, 0.2) is 0 Å². The number of fused-ring (bicyclic) bond motifs is 3. The number of rotatable bonds is 2. The smallest absolute Gasteiger partial charge is 0.271 e. The number of hydrogen-bond donors (Lipinski definition) is 1. The summed E-state index contributed by atoms with van der Waals surface area (Å²) in [5.74, 6) is 0. The van der Waals surface area contributed by atoms with E-state index in [0.29, 0.717) is 10.2 Å². The number of hydrogen-bond acceptors (Lipinski definition) is 5. The molecule has 0 aromatic carbocycles. The van der Waals surface area contributed by atoms with Crippen LogP contribution in [0, 0.1) is 6.92 Å². The van der Waals surface area contributed by atoms with Gasteiger partial charge < -0.3 is 5.11 Å². The highest BCUT2D eigenvalue weighted by Gasteiger charge is 2.13. The van der Waals surface area contributed by atoms with Crippen LogP contribution in [0.4, 0.5) is 0 Å². The topological polar surface area (TPSA) is 68.0 Å². The molecule has 3 rings (SSSR count). The van der Waals surface area contributed by atoms with Gasteiger partial charge >= 0.3 is 0 Å². The molecule has 3 heterocycles. The van der Waals surface area contributed by atoms with Crippen LogP contribution in [-0.4, -0.2) is 25.7 Å². The summed E-state index contributed by atoms with van der Waals surface area (Å²) in [5.41, 5.74) is 1.49. The zero-order valence-electron chi connectivity index (χ0n) is 10.6. The van der Waals surface area contributed by atoms with Gasteiger partial charge in [-0.25, -0.2) is 9.97 Å². The Morgan fingerprint density at radius 1 is 1.47 bits per heavy atom. The lowest BCUT2D eigenvalue weighted by atomic mass is 10.3. The van der Waals surface area contributed by atoms with Gasteiger partial charge in [-0.1, -0.05) is 0 Å². The number of aromatic nitrogens is 3. The maximum atomic E-state index is 12.3. The fourth-order valence-electron chi connectivity index (χ4n) is 2.06. The van der Waals surface area contributed by atoms with Crippen molar-refractivity contribution in [1.82, 2.24) is 14.5 Å². The summed E-state index contributed by atoms with van der Waals surface area (Å²) in [4.78, 5) is 21.9. The molecule has 1 N–H and O–H groups in total. The number of nitrogens with zero attached hydrogens (tertiary/aromatic N) is 3. The molecule has 1 atom stereocenters. The third-order valence-corrected chi connectivity index (χ3v) is 3.99. The Balaban J connectivity index is 2.32. The van der Waals surface area contributed by atoms with Crippen molar-refractivity contribution in [2.75, 3.05) is 0 Å². The van der Waals surface area contributed by atoms with E-state index in [0.717, 1.165) is 15.9 Å². The molecular formula is C13H13N3O2S. The molecule has 5 nitrogen and oxygen atoms in total. The van der Waals surface area contributed by atoms with Gasteiger partial charge in [0.05, 0.1) is 24.5 Å². The summed E-state index contributed by atoms with van der Waals surface area (Å²) in [5, 5.41) is 10.3. The molecule has 0 bridgehead atoms. The zero-order chi connectivity index (χ0) is 13.6. The van der Waals surface area contributed by atoms with Gasteiger partial charge in [0.1, 0.15) is 9.53 Å². The molecule has 6 heteroatoms. The van der Waals surface area contributed by atoms with E-state index in [1.165, 1.54) is 22.2 Å². The van der Waals surface area contributed by atoms with E-state index in [1.54, 1.807) is 6.92 Å². The van der Waals surface area contributed by atoms with Gasteiger partial charge in [-0.2, -0.15) is 0 Å². The molecule has 3 aromatic rings. The summed E-state index contributed by atoms with van der Waals surface area (Å²) in [6.45, 7) is 3.82. The van der Waals surface area contributed by atoms with Gasteiger partial charge in [-0.3, -0.25) is 9.36 Å². The van der Waals surface area contributed by atoms with Crippen LogP contribution in [-0.2, 0) is 6.54 Å². The Morgan fingerprint density at radius 2 is 2.26 bits per heavy atom. The second kappa shape index (κ2) is 4.40. The fraction of sp³-hybridized carbons (Fsp3) is 0.308. The van der Waals surface area contributed by atoms with E-state index >= 15 is 0 Å². The van der Waals surface area contributed by atoms with Gasteiger partial charge in [0, 0.05) is 11.1 Å². The first-order valence-corrected chi connectivity index (χ1v) is 6.81. The second-order valence-electron chi connectivity index (χ2n) is 4.64. The van der Waals surface area contributed by atoms with Crippen LogP contribution >= 0.6 is 11.3 Å². The van der Waals surface area contributed by atoms with Crippen LogP contribution in [0.25, 0.3) is 20.4 Å². The second-order valence-corrected chi connectivity index (χ2v) is 5.64. The Morgan fingerprint density at radius 3 is 3.00 bits per heavy atom. The molecule has 19 heavy (non-hydrogen) atoms. The fourth-order valence-corrected chi connectivity index (χ4v) is 3.18. The first-order chi connectivity index (χ1) is 9.06. The first-order valence-electron chi connectivity index (χ1n) is 5.99. The Labute approximate surface area is 113 Å². The minimum Gasteiger partial charge on any atom is -0.392 e. The predicted molar refractivity (Wildman–Crippen MR) is 75.6 cm³/mol. The predicted octanol–water partition coefficient (Wildman–Crippen LogP) is 1.70. The van der Waals surface area contributed by atoms with Crippen molar-refractivity contribution >= 4 is 31.8 Å². The summed E-state index contributed by atoms with van der Waals surface area (Å²) in [6, 6.07) is 3.86. The maximum Gasteiger partial charge on any atom is 0.271 e. The van der Waals surface area contributed by atoms with Crippen LogP contribution in [0.5, 0.6) is 0 Å². The lowest BCUT2D eigenvalue weighted by Crippen LogP contribution is -2.24. The monoisotopic (exact) mass is 275 g/mol. The summed E-state index contributed by atoms with van der Waals surface area (Å²) < 4.78 is 2.03. The van der Waals surface area contributed by atoms with Gasteiger partial charge in [0.2, 0.25) is 0 Å². The van der Waals surface area contributed by atoms with Crippen molar-refractivity contribution < 1.29 is 5.11 Å². The van der Waals surface area contributed by atoms with Crippen molar-refractivity contribution in [2.24, 2.45) is 0 Å². The van der Waals surface area contributed by atoms with E-state index in [9.17, 15) is 9.90 Å². The van der Waals surface area contributed by atoms with E-state index in [-0.39, 0.29) is 12.1 Å². The van der Waals surface area contributed by atoms with Crippen molar-refractivity contribution in [3.8, 4) is 0 Å².